The number of carbonyl (C=O) groups is 3. The first-order chi connectivity index (χ1) is 11.0. The van der Waals surface area contributed by atoms with Crippen molar-refractivity contribution < 1.29 is 33.4 Å². The van der Waals surface area contributed by atoms with Crippen LogP contribution in [0.5, 0.6) is 11.5 Å². The molecule has 23 heavy (non-hydrogen) atoms. The highest BCUT2D eigenvalue weighted by molar-refractivity contribution is 6.15. The maximum Gasteiger partial charge on any atom is 0.527 e. The fraction of sp³-hybridized carbons (Fsp3) is 0. The van der Waals surface area contributed by atoms with E-state index in [9.17, 15) is 19.2 Å². The number of benzene rings is 2. The lowest BCUT2D eigenvalue weighted by Crippen LogP contribution is -1.98. The van der Waals surface area contributed by atoms with Crippen LogP contribution in [0.4, 0.5) is 0 Å². The SMILES string of the molecule is O=C1OC(=O)c2cc(Oc3ccc4c(c3)C(=[OH+])OC4=O)ccc21. The van der Waals surface area contributed by atoms with Crippen LogP contribution in [-0.4, -0.2) is 28.7 Å². The summed E-state index contributed by atoms with van der Waals surface area (Å²) in [6.45, 7) is 0. The Kier molecular flexibility index (Phi) is 2.59. The zero-order valence-electron chi connectivity index (χ0n) is 11.4. The topological polar surface area (TPSA) is 100 Å². The van der Waals surface area contributed by atoms with Gasteiger partial charge in [-0.15, -0.1) is 0 Å². The van der Waals surface area contributed by atoms with Gasteiger partial charge >= 0.3 is 23.9 Å². The van der Waals surface area contributed by atoms with Crippen LogP contribution >= 0.6 is 0 Å². The molecule has 2 aliphatic heterocycles. The van der Waals surface area contributed by atoms with Crippen molar-refractivity contribution in [2.45, 2.75) is 0 Å². The Morgan fingerprint density at radius 3 is 1.91 bits per heavy atom. The molecule has 7 heteroatoms. The van der Waals surface area contributed by atoms with E-state index < -0.39 is 23.9 Å². The van der Waals surface area contributed by atoms with Crippen LogP contribution in [0.2, 0.25) is 0 Å². The normalized spacial score (nSPS) is 15.1. The summed E-state index contributed by atoms with van der Waals surface area (Å²) in [7, 11) is 0. The average Bonchev–Trinajstić information content (AvgIpc) is 2.96. The van der Waals surface area contributed by atoms with E-state index in [0.29, 0.717) is 11.5 Å². The van der Waals surface area contributed by atoms with E-state index in [1.165, 1.54) is 36.4 Å². The molecule has 0 atom stereocenters. The third-order valence-electron chi connectivity index (χ3n) is 3.48. The van der Waals surface area contributed by atoms with Crippen LogP contribution < -0.4 is 4.74 Å². The van der Waals surface area contributed by atoms with Gasteiger partial charge in [0.05, 0.1) is 11.1 Å². The lowest BCUT2D eigenvalue weighted by molar-refractivity contribution is 0.0443. The number of ether oxygens (including phenoxy) is 3. The number of hydrogen-bond acceptors (Lipinski definition) is 6. The van der Waals surface area contributed by atoms with Gasteiger partial charge in [0.15, 0.2) is 0 Å². The zero-order chi connectivity index (χ0) is 16.1. The third kappa shape index (κ3) is 1.98. The van der Waals surface area contributed by atoms with E-state index in [4.69, 9.17) is 4.74 Å². The highest BCUT2D eigenvalue weighted by atomic mass is 16.6. The fourth-order valence-corrected chi connectivity index (χ4v) is 2.40. The van der Waals surface area contributed by atoms with Gasteiger partial charge in [0.1, 0.15) is 22.6 Å². The summed E-state index contributed by atoms with van der Waals surface area (Å²) in [5, 5.41) is 0. The van der Waals surface area contributed by atoms with Crippen molar-refractivity contribution in [2.75, 3.05) is 0 Å². The van der Waals surface area contributed by atoms with Gasteiger partial charge in [-0.3, -0.25) is 0 Å². The molecule has 112 valence electrons. The Morgan fingerprint density at radius 2 is 1.22 bits per heavy atom. The number of fused-ring (bicyclic) bond motifs is 2. The van der Waals surface area contributed by atoms with E-state index in [0.717, 1.165) is 0 Å². The van der Waals surface area contributed by atoms with Crippen molar-refractivity contribution in [1.82, 2.24) is 0 Å². The summed E-state index contributed by atoms with van der Waals surface area (Å²) >= 11 is 0. The molecule has 0 fully saturated rings. The number of cyclic esters (lactones) is 4. The van der Waals surface area contributed by atoms with E-state index in [2.05, 4.69) is 9.47 Å². The predicted molar refractivity (Wildman–Crippen MR) is 74.2 cm³/mol. The van der Waals surface area contributed by atoms with Gasteiger partial charge < -0.3 is 14.3 Å². The van der Waals surface area contributed by atoms with Crippen LogP contribution in [0.15, 0.2) is 36.4 Å². The van der Waals surface area contributed by atoms with Gasteiger partial charge in [-0.1, -0.05) is 0 Å². The van der Waals surface area contributed by atoms with Crippen LogP contribution in [0.3, 0.4) is 0 Å². The number of carbonyl (C=O) groups excluding carboxylic acids is 4. The maximum absolute atomic E-state index is 11.5. The summed E-state index contributed by atoms with van der Waals surface area (Å²) in [4.78, 5) is 43.9. The molecular weight excluding hydrogens is 304 g/mol. The Morgan fingerprint density at radius 1 is 0.696 bits per heavy atom. The number of rotatable bonds is 2. The highest BCUT2D eigenvalue weighted by Gasteiger charge is 2.39. The second kappa shape index (κ2) is 4.51. The molecule has 2 aliphatic rings. The molecule has 4 rings (SSSR count). The molecule has 0 spiro atoms. The smallest absolute Gasteiger partial charge is 0.457 e. The second-order valence-electron chi connectivity index (χ2n) is 4.89. The molecule has 2 aromatic rings. The minimum atomic E-state index is -0.727. The maximum atomic E-state index is 11.5. The minimum absolute atomic E-state index is 0.126. The molecule has 0 bridgehead atoms. The third-order valence-corrected chi connectivity index (χ3v) is 3.48. The molecule has 7 nitrogen and oxygen atoms in total. The zero-order valence-corrected chi connectivity index (χ0v) is 11.4. The molecular formula is C16H7O7+. The Bertz CT molecular complexity index is 851. The molecule has 0 saturated carbocycles. The average molecular weight is 311 g/mol. The lowest BCUT2D eigenvalue weighted by Gasteiger charge is -2.06. The minimum Gasteiger partial charge on any atom is -0.457 e. The van der Waals surface area contributed by atoms with E-state index in [1.54, 1.807) is 0 Å². The van der Waals surface area contributed by atoms with Crippen LogP contribution in [0.1, 0.15) is 36.6 Å². The first-order valence-electron chi connectivity index (χ1n) is 6.54. The first-order valence-corrected chi connectivity index (χ1v) is 6.54. The monoisotopic (exact) mass is 311 g/mol. The molecule has 0 aliphatic carbocycles. The standard InChI is InChI=1S/C16H6O7/c17-13-9-3-1-7(5-11(9)15(19)22-13)21-8-2-4-10-12(6-8)16(20)23-14(10)18/h1-6H/p+1. The Labute approximate surface area is 128 Å². The van der Waals surface area contributed by atoms with E-state index in [1.807, 2.05) is 0 Å². The molecule has 2 heterocycles. The van der Waals surface area contributed by atoms with Crippen LogP contribution in [0.25, 0.3) is 0 Å². The summed E-state index contributed by atoms with van der Waals surface area (Å²) in [5.41, 5.74) is 0.768. The number of hydrogen-bond donors (Lipinski definition) is 0. The quantitative estimate of drug-likeness (QED) is 0.476. The van der Waals surface area contributed by atoms with Crippen LogP contribution in [0, 0.1) is 0 Å². The highest BCUT2D eigenvalue weighted by Crippen LogP contribution is 2.30. The van der Waals surface area contributed by atoms with Crippen molar-refractivity contribution in [2.24, 2.45) is 0 Å². The van der Waals surface area contributed by atoms with Gasteiger partial charge in [-0.05, 0) is 30.3 Å². The fourth-order valence-electron chi connectivity index (χ4n) is 2.40. The molecule has 2 aromatic carbocycles. The van der Waals surface area contributed by atoms with Gasteiger partial charge in [0.2, 0.25) is 0 Å². The van der Waals surface area contributed by atoms with Crippen molar-refractivity contribution in [3.05, 3.63) is 58.7 Å². The summed E-state index contributed by atoms with van der Waals surface area (Å²) in [6, 6.07) is 8.75. The van der Waals surface area contributed by atoms with E-state index in [-0.39, 0.29) is 22.3 Å². The van der Waals surface area contributed by atoms with Crippen LogP contribution in [-0.2, 0) is 9.47 Å². The summed E-state index contributed by atoms with van der Waals surface area (Å²) in [6.07, 6.45) is 0. The van der Waals surface area contributed by atoms with Gasteiger partial charge in [-0.25, -0.2) is 19.1 Å². The van der Waals surface area contributed by atoms with Gasteiger partial charge in [-0.2, -0.15) is 0 Å². The van der Waals surface area contributed by atoms with Crippen molar-refractivity contribution >= 4 is 23.9 Å². The molecule has 0 aromatic heterocycles. The second-order valence-corrected chi connectivity index (χ2v) is 4.89. The van der Waals surface area contributed by atoms with E-state index >= 15 is 0 Å². The Balaban J connectivity index is 1.68. The molecule has 1 N–H and O–H groups in total. The largest absolute Gasteiger partial charge is 0.527 e. The molecule has 0 saturated heterocycles. The van der Waals surface area contributed by atoms with Crippen molar-refractivity contribution in [1.29, 1.82) is 0 Å². The summed E-state index contributed by atoms with van der Waals surface area (Å²) in [5.74, 6) is -1.91. The molecule has 0 radical (unpaired) electrons. The van der Waals surface area contributed by atoms with Gasteiger partial charge in [0, 0.05) is 6.07 Å². The Hall–Kier alpha value is -3.48. The van der Waals surface area contributed by atoms with Gasteiger partial charge in [0.25, 0.3) is 0 Å². The lowest BCUT2D eigenvalue weighted by atomic mass is 10.1. The number of esters is 4. The predicted octanol–water partition coefficient (Wildman–Crippen LogP) is 1.81. The summed E-state index contributed by atoms with van der Waals surface area (Å²) < 4.78 is 14.7. The molecule has 0 amide bonds. The van der Waals surface area contributed by atoms with Crippen molar-refractivity contribution in [3.63, 3.8) is 0 Å². The molecule has 0 unspecified atom stereocenters. The first kappa shape index (κ1) is 13.2. The van der Waals surface area contributed by atoms with Crippen molar-refractivity contribution in [3.8, 4) is 11.5 Å².